The molecule has 98 valence electrons. The van der Waals surface area contributed by atoms with Gasteiger partial charge in [0.05, 0.1) is 12.1 Å². The number of nitrogens with zero attached hydrogens (tertiary/aromatic N) is 2. The van der Waals surface area contributed by atoms with Crippen LogP contribution >= 0.6 is 0 Å². The van der Waals surface area contributed by atoms with E-state index < -0.39 is 0 Å². The zero-order valence-corrected chi connectivity index (χ0v) is 11.2. The van der Waals surface area contributed by atoms with Gasteiger partial charge in [-0.3, -0.25) is 0 Å². The Hall–Kier alpha value is -0.940. The van der Waals surface area contributed by atoms with E-state index in [1.807, 2.05) is 6.92 Å². The average Bonchev–Trinajstić information content (AvgIpc) is 2.81. The Bertz CT molecular complexity index is 314. The summed E-state index contributed by atoms with van der Waals surface area (Å²) in [7, 11) is 1.71. The Morgan fingerprint density at radius 3 is 2.71 bits per heavy atom. The first-order valence-corrected chi connectivity index (χ1v) is 6.29. The topological polar surface area (TPSA) is 60.2 Å². The number of methoxy groups -OCH3 is 1. The highest BCUT2D eigenvalue weighted by atomic mass is 16.5. The quantitative estimate of drug-likeness (QED) is 0.755. The van der Waals surface area contributed by atoms with Gasteiger partial charge in [0.2, 0.25) is 11.8 Å². The summed E-state index contributed by atoms with van der Waals surface area (Å²) in [5.41, 5.74) is 0. The van der Waals surface area contributed by atoms with E-state index in [4.69, 9.17) is 9.15 Å². The van der Waals surface area contributed by atoms with Crippen molar-refractivity contribution in [3.8, 4) is 0 Å². The Morgan fingerprint density at radius 1 is 1.35 bits per heavy atom. The largest absolute Gasteiger partial charge is 0.424 e. The molecule has 0 amide bonds. The second kappa shape index (κ2) is 7.40. The number of ether oxygens (including phenoxy) is 1. The lowest BCUT2D eigenvalue weighted by molar-refractivity contribution is 0.109. The summed E-state index contributed by atoms with van der Waals surface area (Å²) >= 11 is 0. The minimum Gasteiger partial charge on any atom is -0.424 e. The molecule has 5 heteroatoms. The monoisotopic (exact) mass is 241 g/mol. The Morgan fingerprint density at radius 2 is 2.12 bits per heavy atom. The molecule has 0 radical (unpaired) electrons. The number of rotatable bonds is 8. The van der Waals surface area contributed by atoms with Crippen molar-refractivity contribution in [2.45, 2.75) is 52.2 Å². The second-order valence-corrected chi connectivity index (χ2v) is 4.14. The molecule has 0 fully saturated rings. The van der Waals surface area contributed by atoms with Crippen LogP contribution in [0.25, 0.3) is 0 Å². The highest BCUT2D eigenvalue weighted by Gasteiger charge is 2.15. The molecule has 0 aliphatic rings. The third-order valence-electron chi connectivity index (χ3n) is 2.81. The third kappa shape index (κ3) is 4.44. The maximum Gasteiger partial charge on any atom is 0.233 e. The van der Waals surface area contributed by atoms with Gasteiger partial charge < -0.3 is 14.5 Å². The van der Waals surface area contributed by atoms with E-state index in [1.54, 1.807) is 7.11 Å². The van der Waals surface area contributed by atoms with Crippen LogP contribution in [-0.4, -0.2) is 30.0 Å². The van der Waals surface area contributed by atoms with E-state index in [0.717, 1.165) is 25.8 Å². The molecule has 1 aromatic rings. The van der Waals surface area contributed by atoms with Crippen LogP contribution in [0.4, 0.5) is 0 Å². The van der Waals surface area contributed by atoms with Crippen LogP contribution in [0.15, 0.2) is 4.42 Å². The first-order chi connectivity index (χ1) is 8.21. The lowest BCUT2D eigenvalue weighted by Gasteiger charge is -2.10. The van der Waals surface area contributed by atoms with Crippen molar-refractivity contribution in [2.75, 3.05) is 13.7 Å². The van der Waals surface area contributed by atoms with Gasteiger partial charge in [-0.15, -0.1) is 10.2 Å². The lowest BCUT2D eigenvalue weighted by Crippen LogP contribution is -2.20. The molecular formula is C12H23N3O2. The highest BCUT2D eigenvalue weighted by Crippen LogP contribution is 2.15. The van der Waals surface area contributed by atoms with Crippen molar-refractivity contribution < 1.29 is 9.15 Å². The first-order valence-electron chi connectivity index (χ1n) is 6.29. The van der Waals surface area contributed by atoms with Gasteiger partial charge in [0, 0.05) is 13.5 Å². The van der Waals surface area contributed by atoms with Gasteiger partial charge >= 0.3 is 0 Å². The first kappa shape index (κ1) is 14.1. The lowest BCUT2D eigenvalue weighted by atomic mass is 10.2. The van der Waals surface area contributed by atoms with E-state index in [9.17, 15) is 0 Å². The Balaban J connectivity index is 2.51. The summed E-state index contributed by atoms with van der Waals surface area (Å²) in [6.07, 6.45) is 2.84. The van der Waals surface area contributed by atoms with Crippen molar-refractivity contribution in [1.82, 2.24) is 15.5 Å². The van der Waals surface area contributed by atoms with Crippen LogP contribution < -0.4 is 5.32 Å². The highest BCUT2D eigenvalue weighted by molar-refractivity contribution is 4.90. The van der Waals surface area contributed by atoms with Crippen LogP contribution in [0.3, 0.4) is 0 Å². The standard InChI is InChI=1S/C12H23N3O2/c1-5-10(13-6-2)12-15-14-11(17-12)8-7-9(3)16-4/h9-10,13H,5-8H2,1-4H3. The predicted molar refractivity (Wildman–Crippen MR) is 65.8 cm³/mol. The SMILES string of the molecule is CCNC(CC)c1nnc(CCC(C)OC)o1. The van der Waals surface area contributed by atoms with Gasteiger partial charge in [-0.1, -0.05) is 13.8 Å². The van der Waals surface area contributed by atoms with E-state index in [1.165, 1.54) is 0 Å². The smallest absolute Gasteiger partial charge is 0.233 e. The van der Waals surface area contributed by atoms with Gasteiger partial charge in [-0.2, -0.15) is 0 Å². The summed E-state index contributed by atoms with van der Waals surface area (Å²) < 4.78 is 10.8. The average molecular weight is 241 g/mol. The molecule has 1 aromatic heterocycles. The van der Waals surface area contributed by atoms with E-state index in [0.29, 0.717) is 11.8 Å². The number of nitrogens with one attached hydrogen (secondary N) is 1. The molecule has 1 rings (SSSR count). The van der Waals surface area contributed by atoms with E-state index in [2.05, 4.69) is 29.4 Å². The van der Waals surface area contributed by atoms with E-state index >= 15 is 0 Å². The molecule has 1 N–H and O–H groups in total. The van der Waals surface area contributed by atoms with Crippen molar-refractivity contribution in [3.05, 3.63) is 11.8 Å². The van der Waals surface area contributed by atoms with Crippen LogP contribution in [0.2, 0.25) is 0 Å². The fraction of sp³-hybridized carbons (Fsp3) is 0.833. The van der Waals surface area contributed by atoms with E-state index in [-0.39, 0.29) is 12.1 Å². The van der Waals surface area contributed by atoms with Gasteiger partial charge in [-0.05, 0) is 26.3 Å². The molecular weight excluding hydrogens is 218 g/mol. The summed E-state index contributed by atoms with van der Waals surface area (Å²) in [6, 6.07) is 0.168. The molecule has 17 heavy (non-hydrogen) atoms. The molecule has 0 aliphatic heterocycles. The van der Waals surface area contributed by atoms with Crippen molar-refractivity contribution in [2.24, 2.45) is 0 Å². The molecule has 0 saturated heterocycles. The Labute approximate surface area is 103 Å². The zero-order chi connectivity index (χ0) is 12.7. The van der Waals surface area contributed by atoms with Crippen LogP contribution in [0.5, 0.6) is 0 Å². The number of aryl methyl sites for hydroxylation is 1. The number of aromatic nitrogens is 2. The fourth-order valence-electron chi connectivity index (χ4n) is 1.61. The van der Waals surface area contributed by atoms with Gasteiger partial charge in [0.25, 0.3) is 0 Å². The zero-order valence-electron chi connectivity index (χ0n) is 11.2. The van der Waals surface area contributed by atoms with Gasteiger partial charge in [0.15, 0.2) is 0 Å². The minimum absolute atomic E-state index is 0.168. The van der Waals surface area contributed by atoms with Crippen molar-refractivity contribution in [3.63, 3.8) is 0 Å². The number of hydrogen-bond donors (Lipinski definition) is 1. The molecule has 0 saturated carbocycles. The van der Waals surface area contributed by atoms with Gasteiger partial charge in [0.1, 0.15) is 0 Å². The van der Waals surface area contributed by atoms with Crippen LogP contribution in [-0.2, 0) is 11.2 Å². The second-order valence-electron chi connectivity index (χ2n) is 4.14. The molecule has 1 heterocycles. The van der Waals surface area contributed by atoms with Crippen molar-refractivity contribution >= 4 is 0 Å². The summed E-state index contributed by atoms with van der Waals surface area (Å²) in [6.45, 7) is 7.10. The molecule has 2 unspecified atom stereocenters. The molecule has 5 nitrogen and oxygen atoms in total. The number of hydrogen-bond acceptors (Lipinski definition) is 5. The molecule has 2 atom stereocenters. The fourth-order valence-corrected chi connectivity index (χ4v) is 1.61. The molecule has 0 bridgehead atoms. The van der Waals surface area contributed by atoms with Crippen LogP contribution in [0.1, 0.15) is 51.4 Å². The minimum atomic E-state index is 0.168. The van der Waals surface area contributed by atoms with Gasteiger partial charge in [-0.25, -0.2) is 0 Å². The molecule has 0 spiro atoms. The maximum atomic E-state index is 5.64. The normalized spacial score (nSPS) is 14.8. The maximum absolute atomic E-state index is 5.64. The van der Waals surface area contributed by atoms with Crippen molar-refractivity contribution in [1.29, 1.82) is 0 Å². The molecule has 0 aliphatic carbocycles. The summed E-state index contributed by atoms with van der Waals surface area (Å²) in [4.78, 5) is 0. The summed E-state index contributed by atoms with van der Waals surface area (Å²) in [5, 5.41) is 11.5. The van der Waals surface area contributed by atoms with Crippen LogP contribution in [0, 0.1) is 0 Å². The Kier molecular flexibility index (Phi) is 6.15. The summed E-state index contributed by atoms with van der Waals surface area (Å²) in [5.74, 6) is 1.38. The third-order valence-corrected chi connectivity index (χ3v) is 2.81. The molecule has 0 aromatic carbocycles. The predicted octanol–water partition coefficient (Wildman–Crippen LogP) is 2.10.